The van der Waals surface area contributed by atoms with Crippen LogP contribution >= 0.6 is 0 Å². The minimum atomic E-state index is -1.85. The fourth-order valence-corrected chi connectivity index (χ4v) is 3.83. The van der Waals surface area contributed by atoms with Crippen molar-refractivity contribution in [1.82, 2.24) is 0 Å². The van der Waals surface area contributed by atoms with Crippen molar-refractivity contribution in [3.63, 3.8) is 0 Å². The third-order valence-electron chi connectivity index (χ3n) is 5.51. The Bertz CT molecular complexity index is 1360. The Kier molecular flexibility index (Phi) is 6.65. The van der Waals surface area contributed by atoms with Crippen LogP contribution in [0.15, 0.2) is 39.5 Å². The summed E-state index contributed by atoms with van der Waals surface area (Å²) in [6.45, 7) is 0.265. The maximum atomic E-state index is 13.4. The van der Waals surface area contributed by atoms with E-state index in [0.29, 0.717) is 0 Å². The number of aromatic hydroxyl groups is 4. The molecule has 0 saturated carbocycles. The van der Waals surface area contributed by atoms with Gasteiger partial charge in [-0.3, -0.25) is 9.59 Å². The first kappa shape index (κ1) is 25.1. The summed E-state index contributed by atoms with van der Waals surface area (Å²) in [7, 11) is 0. The number of phenolic OH excluding ortho intramolecular Hbond substituents is 4. The number of fused-ring (bicyclic) bond motifs is 1. The smallest absolute Gasteiger partial charge is 0.303 e. The average Bonchev–Trinajstić information content (AvgIpc) is 2.81. The lowest BCUT2D eigenvalue weighted by atomic mass is 9.99. The van der Waals surface area contributed by atoms with Gasteiger partial charge in [0.2, 0.25) is 17.5 Å². The number of ether oxygens (including phenoxy) is 3. The minimum absolute atomic E-state index is 0.00251. The highest BCUT2D eigenvalue weighted by atomic mass is 16.7. The van der Waals surface area contributed by atoms with Crippen molar-refractivity contribution in [2.45, 2.75) is 37.6 Å². The number of esters is 1. The Morgan fingerprint density at radius 3 is 2.36 bits per heavy atom. The van der Waals surface area contributed by atoms with Crippen LogP contribution in [0.4, 0.5) is 0 Å². The molecule has 13 nitrogen and oxygen atoms in total. The molecule has 36 heavy (non-hydrogen) atoms. The normalized spacial score (nSPS) is 23.9. The van der Waals surface area contributed by atoms with Gasteiger partial charge in [-0.25, -0.2) is 0 Å². The van der Waals surface area contributed by atoms with Crippen LogP contribution in [-0.4, -0.2) is 79.0 Å². The molecular formula is C23H22O13. The van der Waals surface area contributed by atoms with E-state index in [-0.39, 0.29) is 16.9 Å². The van der Waals surface area contributed by atoms with Gasteiger partial charge in [0.1, 0.15) is 34.7 Å². The molecule has 0 bridgehead atoms. The number of aliphatic hydroxyl groups is 3. The monoisotopic (exact) mass is 506 g/mol. The van der Waals surface area contributed by atoms with Crippen LogP contribution in [0.1, 0.15) is 6.92 Å². The molecule has 0 aliphatic carbocycles. The maximum Gasteiger partial charge on any atom is 0.303 e. The van der Waals surface area contributed by atoms with Crippen LogP contribution in [0, 0.1) is 0 Å². The van der Waals surface area contributed by atoms with Gasteiger partial charge in [0, 0.05) is 24.6 Å². The van der Waals surface area contributed by atoms with Gasteiger partial charge in [-0.1, -0.05) is 0 Å². The van der Waals surface area contributed by atoms with E-state index < -0.39 is 82.8 Å². The standard InChI is InChI=1S/C23H22O13/c1-8(25)33-21-17(30)15(7-24)35-23(19(21)32)36-22-18(31)16-13(29)5-10(26)6-14(16)34-20(22)9-2-3-11(27)12(28)4-9/h2-6,15,17,19,21,23-24,26-30,32H,7H2,1H3/t15-,17+,19-,21-,23-/m1/s1. The molecule has 1 fully saturated rings. The van der Waals surface area contributed by atoms with Crippen LogP contribution in [0.2, 0.25) is 0 Å². The van der Waals surface area contributed by atoms with E-state index in [1.54, 1.807) is 0 Å². The minimum Gasteiger partial charge on any atom is -0.508 e. The molecular weight excluding hydrogens is 484 g/mol. The molecule has 13 heteroatoms. The molecule has 2 heterocycles. The molecule has 192 valence electrons. The van der Waals surface area contributed by atoms with E-state index in [1.807, 2.05) is 0 Å². The molecule has 3 aromatic rings. The van der Waals surface area contributed by atoms with E-state index in [4.69, 9.17) is 18.6 Å². The molecule has 0 amide bonds. The van der Waals surface area contributed by atoms with Gasteiger partial charge in [0.15, 0.2) is 29.5 Å². The van der Waals surface area contributed by atoms with Crippen molar-refractivity contribution in [1.29, 1.82) is 0 Å². The summed E-state index contributed by atoms with van der Waals surface area (Å²) in [6.07, 6.45) is -8.27. The molecule has 2 aromatic carbocycles. The lowest BCUT2D eigenvalue weighted by Gasteiger charge is -2.41. The van der Waals surface area contributed by atoms with Crippen LogP contribution in [0.5, 0.6) is 28.7 Å². The summed E-state index contributed by atoms with van der Waals surface area (Å²) >= 11 is 0. The van der Waals surface area contributed by atoms with Gasteiger partial charge in [0.05, 0.1) is 6.61 Å². The topological polar surface area (TPSA) is 217 Å². The first-order chi connectivity index (χ1) is 17.0. The van der Waals surface area contributed by atoms with E-state index >= 15 is 0 Å². The number of benzene rings is 2. The Balaban J connectivity index is 1.88. The van der Waals surface area contributed by atoms with Gasteiger partial charge in [0.25, 0.3) is 0 Å². The van der Waals surface area contributed by atoms with Gasteiger partial charge in [-0.2, -0.15) is 0 Å². The highest BCUT2D eigenvalue weighted by Crippen LogP contribution is 2.39. The third kappa shape index (κ3) is 4.47. The highest BCUT2D eigenvalue weighted by Gasteiger charge is 2.48. The van der Waals surface area contributed by atoms with Gasteiger partial charge in [-0.05, 0) is 18.2 Å². The summed E-state index contributed by atoms with van der Waals surface area (Å²) < 4.78 is 21.7. The molecule has 0 unspecified atom stereocenters. The number of hydrogen-bond donors (Lipinski definition) is 7. The van der Waals surface area contributed by atoms with Crippen molar-refractivity contribution >= 4 is 16.9 Å². The fraction of sp³-hybridized carbons (Fsp3) is 0.304. The van der Waals surface area contributed by atoms with Gasteiger partial charge >= 0.3 is 5.97 Å². The second-order valence-electron chi connectivity index (χ2n) is 8.03. The lowest BCUT2D eigenvalue weighted by molar-refractivity contribution is -0.281. The van der Waals surface area contributed by atoms with E-state index in [1.165, 1.54) is 6.07 Å². The van der Waals surface area contributed by atoms with Crippen LogP contribution in [0.25, 0.3) is 22.3 Å². The maximum absolute atomic E-state index is 13.4. The van der Waals surface area contributed by atoms with Crippen molar-refractivity contribution in [3.8, 4) is 40.1 Å². The van der Waals surface area contributed by atoms with E-state index in [2.05, 4.69) is 0 Å². The van der Waals surface area contributed by atoms with Crippen molar-refractivity contribution < 1.29 is 59.2 Å². The number of rotatable bonds is 5. The molecule has 5 atom stereocenters. The summed E-state index contributed by atoms with van der Waals surface area (Å²) in [4.78, 5) is 24.9. The first-order valence-electron chi connectivity index (χ1n) is 10.5. The molecule has 4 rings (SSSR count). The molecule has 1 saturated heterocycles. The molecule has 0 spiro atoms. The van der Waals surface area contributed by atoms with Gasteiger partial charge in [-0.15, -0.1) is 0 Å². The third-order valence-corrected chi connectivity index (χ3v) is 5.51. The van der Waals surface area contributed by atoms with Crippen LogP contribution in [-0.2, 0) is 14.3 Å². The Hall–Kier alpha value is -4.04. The fourth-order valence-electron chi connectivity index (χ4n) is 3.83. The van der Waals surface area contributed by atoms with Crippen molar-refractivity contribution in [3.05, 3.63) is 40.6 Å². The van der Waals surface area contributed by atoms with Crippen molar-refractivity contribution in [2.24, 2.45) is 0 Å². The summed E-state index contributed by atoms with van der Waals surface area (Å²) in [6, 6.07) is 5.32. The van der Waals surface area contributed by atoms with E-state index in [0.717, 1.165) is 31.2 Å². The zero-order valence-corrected chi connectivity index (χ0v) is 18.6. The number of carbonyl (C=O) groups excluding carboxylic acids is 1. The predicted molar refractivity (Wildman–Crippen MR) is 119 cm³/mol. The zero-order chi connectivity index (χ0) is 26.3. The second-order valence-corrected chi connectivity index (χ2v) is 8.03. The number of hydrogen-bond acceptors (Lipinski definition) is 13. The van der Waals surface area contributed by atoms with Crippen molar-refractivity contribution in [2.75, 3.05) is 6.61 Å². The highest BCUT2D eigenvalue weighted by molar-refractivity contribution is 5.88. The average molecular weight is 506 g/mol. The largest absolute Gasteiger partial charge is 0.508 e. The summed E-state index contributed by atoms with van der Waals surface area (Å²) in [5, 5.41) is 69.9. The predicted octanol–water partition coefficient (Wildman–Crippen LogP) is 0.0319. The zero-order valence-electron chi connectivity index (χ0n) is 18.6. The van der Waals surface area contributed by atoms with Crippen LogP contribution < -0.4 is 10.2 Å². The second kappa shape index (κ2) is 9.54. The lowest BCUT2D eigenvalue weighted by Crippen LogP contribution is -2.61. The van der Waals surface area contributed by atoms with E-state index in [9.17, 15) is 45.3 Å². The van der Waals surface area contributed by atoms with Crippen LogP contribution in [0.3, 0.4) is 0 Å². The van der Waals surface area contributed by atoms with Gasteiger partial charge < -0.3 is 54.4 Å². The molecule has 7 N–H and O–H groups in total. The Morgan fingerprint density at radius 1 is 1.00 bits per heavy atom. The molecule has 1 aromatic heterocycles. The molecule has 1 aliphatic heterocycles. The first-order valence-corrected chi connectivity index (χ1v) is 10.5. The number of aliphatic hydroxyl groups excluding tert-OH is 3. The summed E-state index contributed by atoms with van der Waals surface area (Å²) in [5.41, 5.74) is -1.25. The molecule has 1 aliphatic rings. The molecule has 0 radical (unpaired) electrons. The Morgan fingerprint density at radius 2 is 1.72 bits per heavy atom. The Labute approximate surface area is 201 Å². The number of phenols is 4. The summed E-state index contributed by atoms with van der Waals surface area (Å²) in [5.74, 6) is -4.00. The quantitative estimate of drug-likeness (QED) is 0.180. The number of carbonyl (C=O) groups is 1. The SMILES string of the molecule is CC(=O)O[C@@H]1[C@@H](O)[C@@H](CO)O[C@H](Oc2c(-c3ccc(O)c(O)c3)oc3cc(O)cc(O)c3c2=O)[C@@H]1O.